The van der Waals surface area contributed by atoms with E-state index >= 15 is 0 Å². The summed E-state index contributed by atoms with van der Waals surface area (Å²) in [5.41, 5.74) is 2.93. The first-order valence-electron chi connectivity index (χ1n) is 7.75. The Kier molecular flexibility index (Phi) is 4.15. The first-order chi connectivity index (χ1) is 9.20. The second-order valence-electron chi connectivity index (χ2n) is 7.60. The fourth-order valence-electron chi connectivity index (χ4n) is 2.85. The summed E-state index contributed by atoms with van der Waals surface area (Å²) in [6, 6.07) is 7.28. The number of benzene rings is 1. The number of ether oxygens (including phenoxy) is 1. The highest BCUT2D eigenvalue weighted by molar-refractivity contribution is 5.43. The summed E-state index contributed by atoms with van der Waals surface area (Å²) in [4.78, 5) is 0. The van der Waals surface area contributed by atoms with Crippen LogP contribution in [0.4, 0.5) is 0 Å². The van der Waals surface area contributed by atoms with E-state index in [4.69, 9.17) is 4.74 Å². The van der Waals surface area contributed by atoms with Crippen molar-refractivity contribution in [3.8, 4) is 5.75 Å². The molecule has 0 aliphatic carbocycles. The van der Waals surface area contributed by atoms with Gasteiger partial charge < -0.3 is 10.1 Å². The maximum absolute atomic E-state index is 5.96. The molecule has 20 heavy (non-hydrogen) atoms. The van der Waals surface area contributed by atoms with Gasteiger partial charge in [0.15, 0.2) is 0 Å². The lowest BCUT2D eigenvalue weighted by Gasteiger charge is -2.26. The fraction of sp³-hybridized carbons (Fsp3) is 0.667. The number of nitrogens with one attached hydrogen (secondary N) is 1. The van der Waals surface area contributed by atoms with Gasteiger partial charge in [-0.3, -0.25) is 0 Å². The summed E-state index contributed by atoms with van der Waals surface area (Å²) >= 11 is 0. The zero-order valence-corrected chi connectivity index (χ0v) is 13.8. The minimum atomic E-state index is -0.0513. The Balaban J connectivity index is 2.10. The summed E-state index contributed by atoms with van der Waals surface area (Å²) in [5, 5.41) is 3.51. The normalized spacial score (nSPS) is 17.1. The summed E-state index contributed by atoms with van der Waals surface area (Å²) in [6.45, 7) is 14.4. The SMILES string of the molecule is CC(C)NCCC(C)(C)c1ccc2c(c1)CC(C)(C)O2. The van der Waals surface area contributed by atoms with Gasteiger partial charge in [-0.25, -0.2) is 0 Å². The Bertz CT molecular complexity index is 474. The van der Waals surface area contributed by atoms with Crippen molar-refractivity contribution in [2.75, 3.05) is 6.54 Å². The van der Waals surface area contributed by atoms with Crippen molar-refractivity contribution in [3.05, 3.63) is 29.3 Å². The molecule has 0 radical (unpaired) electrons. The lowest BCUT2D eigenvalue weighted by atomic mass is 9.80. The van der Waals surface area contributed by atoms with Crippen LogP contribution in [0, 0.1) is 0 Å². The standard InChI is InChI=1S/C18H29NO/c1-13(2)19-10-9-17(3,4)15-7-8-16-14(11-15)12-18(5,6)20-16/h7-8,11,13,19H,9-10,12H2,1-6H3. The van der Waals surface area contributed by atoms with E-state index < -0.39 is 0 Å². The van der Waals surface area contributed by atoms with Gasteiger partial charge in [-0.15, -0.1) is 0 Å². The van der Waals surface area contributed by atoms with Crippen molar-refractivity contribution in [1.29, 1.82) is 0 Å². The number of hydrogen-bond donors (Lipinski definition) is 1. The van der Waals surface area contributed by atoms with Crippen LogP contribution in [0.15, 0.2) is 18.2 Å². The molecule has 1 N–H and O–H groups in total. The molecule has 112 valence electrons. The summed E-state index contributed by atoms with van der Waals surface area (Å²) in [7, 11) is 0. The Morgan fingerprint density at radius 3 is 2.65 bits per heavy atom. The highest BCUT2D eigenvalue weighted by Crippen LogP contribution is 2.38. The van der Waals surface area contributed by atoms with Crippen molar-refractivity contribution in [2.24, 2.45) is 0 Å². The molecule has 0 bridgehead atoms. The van der Waals surface area contributed by atoms with Gasteiger partial charge in [-0.05, 0) is 49.4 Å². The van der Waals surface area contributed by atoms with Gasteiger partial charge in [0.25, 0.3) is 0 Å². The molecule has 2 rings (SSSR count). The summed E-state index contributed by atoms with van der Waals surface area (Å²) < 4.78 is 5.96. The van der Waals surface area contributed by atoms with Crippen LogP contribution in [0.1, 0.15) is 59.1 Å². The van der Waals surface area contributed by atoms with Crippen molar-refractivity contribution in [1.82, 2.24) is 5.32 Å². The van der Waals surface area contributed by atoms with Crippen LogP contribution < -0.4 is 10.1 Å². The molecule has 1 aromatic carbocycles. The Morgan fingerprint density at radius 1 is 1.30 bits per heavy atom. The van der Waals surface area contributed by atoms with Crippen molar-refractivity contribution >= 4 is 0 Å². The van der Waals surface area contributed by atoms with E-state index in [1.54, 1.807) is 0 Å². The fourth-order valence-corrected chi connectivity index (χ4v) is 2.85. The van der Waals surface area contributed by atoms with Gasteiger partial charge >= 0.3 is 0 Å². The quantitative estimate of drug-likeness (QED) is 0.874. The lowest BCUT2D eigenvalue weighted by molar-refractivity contribution is 0.138. The maximum atomic E-state index is 5.96. The monoisotopic (exact) mass is 275 g/mol. The number of rotatable bonds is 5. The molecular weight excluding hydrogens is 246 g/mol. The van der Waals surface area contributed by atoms with Gasteiger partial charge in [0.1, 0.15) is 11.4 Å². The lowest BCUT2D eigenvalue weighted by Crippen LogP contribution is -2.29. The van der Waals surface area contributed by atoms with E-state index in [9.17, 15) is 0 Å². The first kappa shape index (κ1) is 15.4. The van der Waals surface area contributed by atoms with Crippen LogP contribution in [0.5, 0.6) is 5.75 Å². The molecule has 0 fully saturated rings. The molecule has 0 saturated carbocycles. The minimum absolute atomic E-state index is 0.0513. The Morgan fingerprint density at radius 2 is 2.00 bits per heavy atom. The molecule has 0 atom stereocenters. The molecule has 0 unspecified atom stereocenters. The smallest absolute Gasteiger partial charge is 0.123 e. The molecule has 1 aliphatic rings. The zero-order valence-electron chi connectivity index (χ0n) is 13.8. The molecular formula is C18H29NO. The molecule has 1 heterocycles. The van der Waals surface area contributed by atoms with E-state index in [0.717, 1.165) is 25.1 Å². The van der Waals surface area contributed by atoms with Crippen LogP contribution in [-0.4, -0.2) is 18.2 Å². The number of hydrogen-bond acceptors (Lipinski definition) is 2. The Hall–Kier alpha value is -1.02. The number of fused-ring (bicyclic) bond motifs is 1. The van der Waals surface area contributed by atoms with Crippen molar-refractivity contribution < 1.29 is 4.74 Å². The van der Waals surface area contributed by atoms with E-state index in [2.05, 4.69) is 65.1 Å². The summed E-state index contributed by atoms with van der Waals surface area (Å²) in [5.74, 6) is 1.06. The summed E-state index contributed by atoms with van der Waals surface area (Å²) in [6.07, 6.45) is 2.16. The molecule has 0 saturated heterocycles. The van der Waals surface area contributed by atoms with Gasteiger partial charge in [0, 0.05) is 12.5 Å². The van der Waals surface area contributed by atoms with E-state index in [1.807, 2.05) is 0 Å². The molecule has 0 amide bonds. The largest absolute Gasteiger partial charge is 0.487 e. The van der Waals surface area contributed by atoms with Gasteiger partial charge in [0.2, 0.25) is 0 Å². The predicted molar refractivity (Wildman–Crippen MR) is 85.6 cm³/mol. The van der Waals surface area contributed by atoms with Crippen molar-refractivity contribution in [3.63, 3.8) is 0 Å². The van der Waals surface area contributed by atoms with Gasteiger partial charge in [-0.1, -0.05) is 39.8 Å². The third-order valence-corrected chi connectivity index (χ3v) is 4.15. The highest BCUT2D eigenvalue weighted by atomic mass is 16.5. The molecule has 2 nitrogen and oxygen atoms in total. The third-order valence-electron chi connectivity index (χ3n) is 4.15. The van der Waals surface area contributed by atoms with E-state index in [0.29, 0.717) is 6.04 Å². The van der Waals surface area contributed by atoms with Crippen molar-refractivity contribution in [2.45, 2.75) is 71.4 Å². The zero-order chi connectivity index (χ0) is 15.0. The second kappa shape index (κ2) is 5.40. The second-order valence-corrected chi connectivity index (χ2v) is 7.60. The third kappa shape index (κ3) is 3.54. The van der Waals surface area contributed by atoms with Gasteiger partial charge in [0.05, 0.1) is 0 Å². The molecule has 0 aromatic heterocycles. The molecule has 0 spiro atoms. The predicted octanol–water partition coefficient (Wildman–Crippen LogP) is 4.07. The van der Waals surface area contributed by atoms with Gasteiger partial charge in [-0.2, -0.15) is 0 Å². The molecule has 1 aromatic rings. The molecule has 1 aliphatic heterocycles. The minimum Gasteiger partial charge on any atom is -0.487 e. The van der Waals surface area contributed by atoms with Crippen LogP contribution in [0.25, 0.3) is 0 Å². The first-order valence-corrected chi connectivity index (χ1v) is 7.75. The molecule has 2 heteroatoms. The maximum Gasteiger partial charge on any atom is 0.123 e. The average molecular weight is 275 g/mol. The van der Waals surface area contributed by atoms with Crippen LogP contribution in [0.2, 0.25) is 0 Å². The Labute approximate surface area is 123 Å². The van der Waals surface area contributed by atoms with Crippen LogP contribution in [0.3, 0.4) is 0 Å². The van der Waals surface area contributed by atoms with Crippen LogP contribution >= 0.6 is 0 Å². The average Bonchev–Trinajstić information content (AvgIpc) is 2.60. The van der Waals surface area contributed by atoms with Crippen LogP contribution in [-0.2, 0) is 11.8 Å². The highest BCUT2D eigenvalue weighted by Gasteiger charge is 2.31. The van der Waals surface area contributed by atoms with E-state index in [-0.39, 0.29) is 11.0 Å². The van der Waals surface area contributed by atoms with E-state index in [1.165, 1.54) is 11.1 Å². The topological polar surface area (TPSA) is 21.3 Å².